The van der Waals surface area contributed by atoms with E-state index >= 15 is 0 Å². The monoisotopic (exact) mass is 413 g/mol. The fraction of sp³-hybridized carbons (Fsp3) is 0.294. The van der Waals surface area contributed by atoms with Crippen LogP contribution in [0.15, 0.2) is 45.3 Å². The van der Waals surface area contributed by atoms with Crippen molar-refractivity contribution in [1.82, 2.24) is 5.32 Å². The normalized spacial score (nSPS) is 12.4. The lowest BCUT2D eigenvalue weighted by Crippen LogP contribution is -2.23. The molecule has 0 aliphatic carbocycles. The molecule has 2 aromatic carbocycles. The molecule has 0 saturated carbocycles. The molecule has 4 heteroatoms. The van der Waals surface area contributed by atoms with Crippen LogP contribution in [0, 0.1) is 12.7 Å². The number of benzene rings is 2. The minimum absolute atomic E-state index is 0.213. The zero-order chi connectivity index (χ0) is 15.4. The Morgan fingerprint density at radius 1 is 1.14 bits per heavy atom. The molecule has 0 amide bonds. The number of hydrogen-bond donors (Lipinski definition) is 1. The van der Waals surface area contributed by atoms with Crippen molar-refractivity contribution in [3.05, 3.63) is 67.9 Å². The van der Waals surface area contributed by atoms with Gasteiger partial charge in [-0.15, -0.1) is 0 Å². The van der Waals surface area contributed by atoms with Gasteiger partial charge >= 0.3 is 0 Å². The molecule has 1 unspecified atom stereocenters. The van der Waals surface area contributed by atoms with Gasteiger partial charge in [-0.1, -0.05) is 35.0 Å². The smallest absolute Gasteiger partial charge is 0.137 e. The summed E-state index contributed by atoms with van der Waals surface area (Å²) in [6.45, 7) is 5.10. The van der Waals surface area contributed by atoms with Gasteiger partial charge in [-0.25, -0.2) is 4.39 Å². The summed E-state index contributed by atoms with van der Waals surface area (Å²) in [5, 5.41) is 3.52. The maximum absolute atomic E-state index is 13.4. The summed E-state index contributed by atoms with van der Waals surface area (Å²) < 4.78 is 14.9. The third-order valence-corrected chi connectivity index (χ3v) is 4.59. The second-order valence-corrected chi connectivity index (χ2v) is 6.83. The van der Waals surface area contributed by atoms with Crippen molar-refractivity contribution in [3.8, 4) is 0 Å². The van der Waals surface area contributed by atoms with Crippen LogP contribution in [0.2, 0.25) is 0 Å². The first-order valence-electron chi connectivity index (χ1n) is 6.94. The Morgan fingerprint density at radius 2 is 1.90 bits per heavy atom. The summed E-state index contributed by atoms with van der Waals surface area (Å²) in [5.41, 5.74) is 3.63. The Hall–Kier alpha value is -0.710. The van der Waals surface area contributed by atoms with Crippen LogP contribution in [-0.4, -0.2) is 6.54 Å². The average Bonchev–Trinajstić information content (AvgIpc) is 2.45. The lowest BCUT2D eigenvalue weighted by atomic mass is 9.95. The second kappa shape index (κ2) is 7.52. The van der Waals surface area contributed by atoms with Gasteiger partial charge in [0.2, 0.25) is 0 Å². The number of rotatable bonds is 5. The Bertz CT molecular complexity index is 628. The summed E-state index contributed by atoms with van der Waals surface area (Å²) in [6, 6.07) is 11.7. The Balaban J connectivity index is 2.30. The van der Waals surface area contributed by atoms with Gasteiger partial charge in [0.1, 0.15) is 5.82 Å². The molecule has 0 aliphatic rings. The first kappa shape index (κ1) is 16.7. The molecular weight excluding hydrogens is 397 g/mol. The van der Waals surface area contributed by atoms with Gasteiger partial charge in [0.25, 0.3) is 0 Å². The number of aryl methyl sites for hydroxylation is 1. The Morgan fingerprint density at radius 3 is 2.57 bits per heavy atom. The van der Waals surface area contributed by atoms with Crippen LogP contribution in [0.25, 0.3) is 0 Å². The van der Waals surface area contributed by atoms with Gasteiger partial charge in [-0.05, 0) is 76.8 Å². The second-order valence-electron chi connectivity index (χ2n) is 5.06. The van der Waals surface area contributed by atoms with E-state index < -0.39 is 0 Å². The topological polar surface area (TPSA) is 12.0 Å². The highest BCUT2D eigenvalue weighted by atomic mass is 79.9. The third-order valence-electron chi connectivity index (χ3n) is 3.49. The molecule has 0 radical (unpaired) electrons. The SMILES string of the molecule is CCNC(Cc1ccc(F)c(Br)c1)c1cc(Br)ccc1C. The summed E-state index contributed by atoms with van der Waals surface area (Å²) >= 11 is 6.79. The van der Waals surface area contributed by atoms with E-state index in [2.05, 4.69) is 69.2 Å². The van der Waals surface area contributed by atoms with E-state index in [0.29, 0.717) is 4.47 Å². The Kier molecular flexibility index (Phi) is 5.97. The Labute approximate surface area is 142 Å². The molecule has 112 valence electrons. The van der Waals surface area contributed by atoms with Crippen molar-refractivity contribution >= 4 is 31.9 Å². The summed E-state index contributed by atoms with van der Waals surface area (Å²) in [5.74, 6) is -0.225. The predicted octanol–water partition coefficient (Wildman–Crippen LogP) is 5.55. The average molecular weight is 415 g/mol. The van der Waals surface area contributed by atoms with Crippen LogP contribution in [0.5, 0.6) is 0 Å². The van der Waals surface area contributed by atoms with E-state index in [1.165, 1.54) is 17.2 Å². The summed E-state index contributed by atoms with van der Waals surface area (Å²) in [7, 11) is 0. The maximum Gasteiger partial charge on any atom is 0.137 e. The fourth-order valence-corrected chi connectivity index (χ4v) is 3.23. The van der Waals surface area contributed by atoms with E-state index in [1.807, 2.05) is 12.1 Å². The molecule has 0 saturated heterocycles. The molecule has 2 rings (SSSR count). The van der Waals surface area contributed by atoms with Crippen LogP contribution in [0.4, 0.5) is 4.39 Å². The minimum atomic E-state index is -0.225. The molecule has 2 aromatic rings. The molecule has 0 spiro atoms. The van der Waals surface area contributed by atoms with Crippen molar-refractivity contribution in [3.63, 3.8) is 0 Å². The highest BCUT2D eigenvalue weighted by Crippen LogP contribution is 2.26. The largest absolute Gasteiger partial charge is 0.310 e. The van der Waals surface area contributed by atoms with Crippen LogP contribution >= 0.6 is 31.9 Å². The molecule has 1 nitrogen and oxygen atoms in total. The molecule has 1 atom stereocenters. The first-order chi connectivity index (χ1) is 10.0. The number of halogens is 3. The molecule has 1 N–H and O–H groups in total. The van der Waals surface area contributed by atoms with E-state index in [1.54, 1.807) is 0 Å². The van der Waals surface area contributed by atoms with Crippen molar-refractivity contribution < 1.29 is 4.39 Å². The van der Waals surface area contributed by atoms with E-state index in [0.717, 1.165) is 23.0 Å². The van der Waals surface area contributed by atoms with Crippen molar-refractivity contribution in [1.29, 1.82) is 0 Å². The summed E-state index contributed by atoms with van der Waals surface area (Å²) in [6.07, 6.45) is 0.823. The van der Waals surface area contributed by atoms with Gasteiger partial charge in [0, 0.05) is 10.5 Å². The molecule has 0 bridgehead atoms. The number of nitrogens with one attached hydrogen (secondary N) is 1. The van der Waals surface area contributed by atoms with Gasteiger partial charge in [-0.2, -0.15) is 0 Å². The molecule has 21 heavy (non-hydrogen) atoms. The number of hydrogen-bond acceptors (Lipinski definition) is 1. The zero-order valence-electron chi connectivity index (χ0n) is 12.1. The first-order valence-corrected chi connectivity index (χ1v) is 8.53. The van der Waals surface area contributed by atoms with Crippen LogP contribution in [0.1, 0.15) is 29.7 Å². The standard InChI is InChI=1S/C17H18Br2FN/c1-3-21-17(14-10-13(18)6-4-11(14)2)9-12-5-7-16(20)15(19)8-12/h4-8,10,17,21H,3,9H2,1-2H3. The molecule has 0 aromatic heterocycles. The van der Waals surface area contributed by atoms with Gasteiger partial charge in [0.05, 0.1) is 4.47 Å². The maximum atomic E-state index is 13.4. The number of likely N-dealkylation sites (N-methyl/N-ethyl adjacent to an activating group) is 1. The highest BCUT2D eigenvalue weighted by molar-refractivity contribution is 9.10. The molecular formula is C17H18Br2FN. The lowest BCUT2D eigenvalue weighted by Gasteiger charge is -2.21. The molecule has 0 fully saturated rings. The zero-order valence-corrected chi connectivity index (χ0v) is 15.3. The highest BCUT2D eigenvalue weighted by Gasteiger charge is 2.14. The van der Waals surface area contributed by atoms with E-state index in [-0.39, 0.29) is 11.9 Å². The van der Waals surface area contributed by atoms with Crippen molar-refractivity contribution in [2.75, 3.05) is 6.54 Å². The van der Waals surface area contributed by atoms with Crippen LogP contribution < -0.4 is 5.32 Å². The van der Waals surface area contributed by atoms with E-state index in [4.69, 9.17) is 0 Å². The van der Waals surface area contributed by atoms with Crippen molar-refractivity contribution in [2.45, 2.75) is 26.3 Å². The summed E-state index contributed by atoms with van der Waals surface area (Å²) in [4.78, 5) is 0. The predicted molar refractivity (Wildman–Crippen MR) is 93.1 cm³/mol. The minimum Gasteiger partial charge on any atom is -0.310 e. The van der Waals surface area contributed by atoms with Gasteiger partial charge in [-0.3, -0.25) is 0 Å². The van der Waals surface area contributed by atoms with E-state index in [9.17, 15) is 4.39 Å². The fourth-order valence-electron chi connectivity index (χ4n) is 2.43. The molecule has 0 heterocycles. The van der Waals surface area contributed by atoms with Crippen LogP contribution in [-0.2, 0) is 6.42 Å². The quantitative estimate of drug-likeness (QED) is 0.675. The van der Waals surface area contributed by atoms with Gasteiger partial charge in [0.15, 0.2) is 0 Å². The molecule has 0 aliphatic heterocycles. The lowest BCUT2D eigenvalue weighted by molar-refractivity contribution is 0.545. The van der Waals surface area contributed by atoms with Gasteiger partial charge < -0.3 is 5.32 Å². The van der Waals surface area contributed by atoms with Crippen molar-refractivity contribution in [2.24, 2.45) is 0 Å². The third kappa shape index (κ3) is 4.38. The van der Waals surface area contributed by atoms with Crippen LogP contribution in [0.3, 0.4) is 0 Å².